The Morgan fingerprint density at radius 1 is 1.05 bits per heavy atom. The highest BCUT2D eigenvalue weighted by molar-refractivity contribution is 5.27. The molecule has 5 aliphatic rings. The van der Waals surface area contributed by atoms with Gasteiger partial charge in [-0.15, -0.1) is 0 Å². The van der Waals surface area contributed by atoms with Gasteiger partial charge in [0.2, 0.25) is 0 Å². The molecule has 0 aromatic rings. The molecule has 1 saturated heterocycles. The minimum absolute atomic E-state index is 0.0677. The molecule has 7 heteroatoms. The number of ether oxygens (including phenoxy) is 2. The lowest BCUT2D eigenvalue weighted by atomic mass is 9.51. The summed E-state index contributed by atoms with van der Waals surface area (Å²) in [7, 11) is 0. The molecule has 5 N–H and O–H groups in total. The van der Waals surface area contributed by atoms with Crippen LogP contribution in [0.3, 0.4) is 0 Å². The molecule has 14 atom stereocenters. The third-order valence-electron chi connectivity index (χ3n) is 13.6. The molecule has 0 unspecified atom stereocenters. The van der Waals surface area contributed by atoms with Crippen LogP contribution in [0.4, 0.5) is 0 Å². The molecule has 0 spiro atoms. The van der Waals surface area contributed by atoms with Gasteiger partial charge in [-0.25, -0.2) is 0 Å². The van der Waals surface area contributed by atoms with Crippen LogP contribution < -0.4 is 0 Å². The lowest BCUT2D eigenvalue weighted by molar-refractivity contribution is -0.295. The van der Waals surface area contributed by atoms with Crippen LogP contribution in [0.2, 0.25) is 0 Å². The maximum Gasteiger partial charge on any atom is 0.186 e. The lowest BCUT2D eigenvalue weighted by Gasteiger charge is -2.54. The Morgan fingerprint density at radius 2 is 1.77 bits per heavy atom. The van der Waals surface area contributed by atoms with Crippen molar-refractivity contribution in [2.24, 2.45) is 46.3 Å². The molecule has 0 radical (unpaired) electrons. The fourth-order valence-electron chi connectivity index (χ4n) is 10.8. The second-order valence-corrected chi connectivity index (χ2v) is 16.0. The molecule has 0 bridgehead atoms. The van der Waals surface area contributed by atoms with Crippen LogP contribution in [-0.2, 0) is 9.47 Å². The number of allylic oxidation sites excluding steroid dienone is 2. The summed E-state index contributed by atoms with van der Waals surface area (Å²) < 4.78 is 11.8. The van der Waals surface area contributed by atoms with E-state index in [9.17, 15) is 25.5 Å². The fourth-order valence-corrected chi connectivity index (χ4v) is 10.8. The first-order chi connectivity index (χ1) is 20.2. The first-order valence-electron chi connectivity index (χ1n) is 17.2. The van der Waals surface area contributed by atoms with E-state index in [0.717, 1.165) is 37.7 Å². The molecular formula is C36H60O7. The SMILES string of the molecule is C/C=C(\C(C)C)[C@H](O)C[C@@H](C)[C@H]1CC[C@@]2(C)[C@@H]3CC[C@H]4[C@H](C)[C@@H](O[C@@H]5OC[C@@H](O)[C@H](O)[C@H]5O)CC[C@]4(O)CC3=CC[C@]12C. The number of fused-ring (bicyclic) bond motifs is 4. The molecule has 7 nitrogen and oxygen atoms in total. The maximum absolute atomic E-state index is 12.2. The summed E-state index contributed by atoms with van der Waals surface area (Å²) in [5.74, 6) is 1.92. The lowest BCUT2D eigenvalue weighted by Crippen LogP contribution is -2.56. The van der Waals surface area contributed by atoms with Gasteiger partial charge < -0.3 is 35.0 Å². The normalized spacial score (nSPS) is 48.5. The smallest absolute Gasteiger partial charge is 0.186 e. The zero-order chi connectivity index (χ0) is 31.5. The summed E-state index contributed by atoms with van der Waals surface area (Å²) in [4.78, 5) is 0. The standard InChI is InChI=1S/C36H60O7/c1-8-24(20(2)3)28(37)17-21(4)25-12-15-35(7)27-10-9-26-22(5)30(43-33-32(40)31(39)29(38)19-42-33)13-16-36(26,41)18-23(27)11-14-34(25,35)6/h8,11,20-22,25-33,37-41H,9-10,12-19H2,1-7H3/b24-8+/t21-,22+,25-,26+,27-,28-,29-,30+,31+,32-,33+,34-,35+,36+/m1/s1. The van der Waals surface area contributed by atoms with Gasteiger partial charge in [-0.1, -0.05) is 59.3 Å². The van der Waals surface area contributed by atoms with Gasteiger partial charge in [0.25, 0.3) is 0 Å². The Balaban J connectivity index is 1.31. The summed E-state index contributed by atoms with van der Waals surface area (Å²) in [6, 6.07) is 0. The van der Waals surface area contributed by atoms with Crippen LogP contribution in [0.25, 0.3) is 0 Å². The summed E-state index contributed by atoms with van der Waals surface area (Å²) in [5.41, 5.74) is 2.13. The van der Waals surface area contributed by atoms with Crippen molar-refractivity contribution in [3.8, 4) is 0 Å². The van der Waals surface area contributed by atoms with Crippen molar-refractivity contribution in [2.75, 3.05) is 6.61 Å². The van der Waals surface area contributed by atoms with E-state index < -0.39 is 30.2 Å². The minimum Gasteiger partial charge on any atom is -0.389 e. The molecule has 1 heterocycles. The molecule has 1 aliphatic heterocycles. The molecule has 4 aliphatic carbocycles. The number of rotatable bonds is 7. The van der Waals surface area contributed by atoms with Crippen LogP contribution in [0.5, 0.6) is 0 Å². The highest BCUT2D eigenvalue weighted by Gasteiger charge is 2.62. The van der Waals surface area contributed by atoms with E-state index in [1.807, 2.05) is 6.92 Å². The summed E-state index contributed by atoms with van der Waals surface area (Å²) in [5, 5.41) is 53.8. The highest BCUT2D eigenvalue weighted by atomic mass is 16.7. The Bertz CT molecular complexity index is 1060. The zero-order valence-corrected chi connectivity index (χ0v) is 27.7. The Hall–Kier alpha value is -0.800. The van der Waals surface area contributed by atoms with E-state index >= 15 is 0 Å². The third kappa shape index (κ3) is 5.72. The van der Waals surface area contributed by atoms with Gasteiger partial charge >= 0.3 is 0 Å². The van der Waals surface area contributed by atoms with Crippen LogP contribution in [0.1, 0.15) is 106 Å². The van der Waals surface area contributed by atoms with Crippen molar-refractivity contribution in [3.05, 3.63) is 23.3 Å². The average Bonchev–Trinajstić information content (AvgIpc) is 3.11. The van der Waals surface area contributed by atoms with E-state index in [2.05, 4.69) is 53.7 Å². The third-order valence-corrected chi connectivity index (χ3v) is 13.6. The zero-order valence-electron chi connectivity index (χ0n) is 27.7. The van der Waals surface area contributed by atoms with Crippen molar-refractivity contribution in [1.82, 2.24) is 0 Å². The molecule has 0 aromatic heterocycles. The molecule has 5 rings (SSSR count). The van der Waals surface area contributed by atoms with E-state index in [4.69, 9.17) is 9.47 Å². The van der Waals surface area contributed by atoms with Gasteiger partial charge in [-0.2, -0.15) is 0 Å². The number of hydrogen-bond acceptors (Lipinski definition) is 7. The van der Waals surface area contributed by atoms with Crippen LogP contribution in [-0.4, -0.2) is 74.6 Å². The molecule has 0 amide bonds. The minimum atomic E-state index is -1.30. The Kier molecular flexibility index (Phi) is 9.70. The maximum atomic E-state index is 12.2. The summed E-state index contributed by atoms with van der Waals surface area (Å²) >= 11 is 0. The fraction of sp³-hybridized carbons (Fsp3) is 0.889. The molecular weight excluding hydrogens is 544 g/mol. The predicted octanol–water partition coefficient (Wildman–Crippen LogP) is 5.13. The molecule has 246 valence electrons. The largest absolute Gasteiger partial charge is 0.389 e. The molecule has 4 fully saturated rings. The first-order valence-corrected chi connectivity index (χ1v) is 17.2. The number of hydrogen-bond donors (Lipinski definition) is 5. The molecule has 0 aromatic carbocycles. The quantitative estimate of drug-likeness (QED) is 0.256. The van der Waals surface area contributed by atoms with Gasteiger partial charge in [0, 0.05) is 0 Å². The van der Waals surface area contributed by atoms with Gasteiger partial charge in [-0.05, 0) is 117 Å². The van der Waals surface area contributed by atoms with E-state index in [1.165, 1.54) is 18.4 Å². The van der Waals surface area contributed by atoms with E-state index in [-0.39, 0.29) is 41.5 Å². The highest BCUT2D eigenvalue weighted by Crippen LogP contribution is 2.69. The van der Waals surface area contributed by atoms with Gasteiger partial charge in [0.05, 0.1) is 24.4 Å². The van der Waals surface area contributed by atoms with Crippen molar-refractivity contribution in [2.45, 2.75) is 149 Å². The van der Waals surface area contributed by atoms with Gasteiger partial charge in [0.15, 0.2) is 6.29 Å². The molecule has 3 saturated carbocycles. The van der Waals surface area contributed by atoms with E-state index in [0.29, 0.717) is 36.5 Å². The van der Waals surface area contributed by atoms with Crippen molar-refractivity contribution in [3.63, 3.8) is 0 Å². The Labute approximate surface area is 259 Å². The second-order valence-electron chi connectivity index (χ2n) is 16.0. The monoisotopic (exact) mass is 604 g/mol. The second kappa shape index (κ2) is 12.4. The Morgan fingerprint density at radius 3 is 2.44 bits per heavy atom. The van der Waals surface area contributed by atoms with E-state index in [1.54, 1.807) is 0 Å². The van der Waals surface area contributed by atoms with Crippen LogP contribution in [0, 0.1) is 46.3 Å². The predicted molar refractivity (Wildman–Crippen MR) is 167 cm³/mol. The van der Waals surface area contributed by atoms with Crippen molar-refractivity contribution in [1.29, 1.82) is 0 Å². The summed E-state index contributed by atoms with van der Waals surface area (Å²) in [6.07, 6.45) is 7.55. The molecule has 43 heavy (non-hydrogen) atoms. The van der Waals surface area contributed by atoms with Crippen LogP contribution in [0.15, 0.2) is 23.3 Å². The van der Waals surface area contributed by atoms with Crippen molar-refractivity contribution >= 4 is 0 Å². The van der Waals surface area contributed by atoms with Crippen molar-refractivity contribution < 1.29 is 35.0 Å². The van der Waals surface area contributed by atoms with Crippen LogP contribution >= 0.6 is 0 Å². The first kappa shape index (κ1) is 33.6. The average molecular weight is 605 g/mol. The van der Waals surface area contributed by atoms with Gasteiger partial charge in [0.1, 0.15) is 18.3 Å². The number of aliphatic hydroxyl groups excluding tert-OH is 4. The van der Waals surface area contributed by atoms with Gasteiger partial charge in [-0.3, -0.25) is 0 Å². The summed E-state index contributed by atoms with van der Waals surface area (Å²) in [6.45, 7) is 15.9. The number of aliphatic hydroxyl groups is 5. The topological polar surface area (TPSA) is 120 Å².